The second-order valence-electron chi connectivity index (χ2n) is 6.32. The second-order valence-corrected chi connectivity index (χ2v) is 6.32. The van der Waals surface area contributed by atoms with Crippen LogP contribution < -0.4 is 0 Å². The number of rotatable bonds is 8. The molecule has 0 amide bonds. The summed E-state index contributed by atoms with van der Waals surface area (Å²) in [6.45, 7) is 11.3. The van der Waals surface area contributed by atoms with Gasteiger partial charge in [-0.1, -0.05) is 43.8 Å². The Morgan fingerprint density at radius 2 is 1.95 bits per heavy atom. The number of epoxide rings is 1. The quantitative estimate of drug-likeness (QED) is 0.508. The Balaban J connectivity index is 1.60. The molecule has 2 heteroatoms. The zero-order valence-electron chi connectivity index (χ0n) is 12.9. The lowest BCUT2D eigenvalue weighted by atomic mass is 9.98. The summed E-state index contributed by atoms with van der Waals surface area (Å²) in [6, 6.07) is 10.1. The summed E-state index contributed by atoms with van der Waals surface area (Å²) in [4.78, 5) is 0. The molecular weight excluding hydrogens is 248 g/mol. The molecule has 0 aromatic heterocycles. The summed E-state index contributed by atoms with van der Waals surface area (Å²) in [6.07, 6.45) is 3.90. The molecule has 0 N–H and O–H groups in total. The highest BCUT2D eigenvalue weighted by Gasteiger charge is 2.46. The van der Waals surface area contributed by atoms with E-state index in [1.54, 1.807) is 0 Å². The van der Waals surface area contributed by atoms with E-state index in [4.69, 9.17) is 9.47 Å². The van der Waals surface area contributed by atoms with Crippen LogP contribution in [0.3, 0.4) is 0 Å². The van der Waals surface area contributed by atoms with Crippen LogP contribution in [0.25, 0.3) is 5.76 Å². The molecule has 1 fully saturated rings. The highest BCUT2D eigenvalue weighted by molar-refractivity contribution is 5.56. The number of ether oxygens (including phenoxy) is 2. The van der Waals surface area contributed by atoms with E-state index in [-0.39, 0.29) is 5.60 Å². The molecule has 110 valence electrons. The first-order chi connectivity index (χ1) is 9.49. The van der Waals surface area contributed by atoms with E-state index in [0.717, 1.165) is 30.8 Å². The lowest BCUT2D eigenvalue weighted by molar-refractivity contribution is 0.242. The van der Waals surface area contributed by atoms with Crippen molar-refractivity contribution in [2.75, 3.05) is 6.61 Å². The highest BCUT2D eigenvalue weighted by Crippen LogP contribution is 2.39. The van der Waals surface area contributed by atoms with Gasteiger partial charge in [-0.15, -0.1) is 0 Å². The molecule has 1 aromatic carbocycles. The minimum absolute atomic E-state index is 0.123. The zero-order valence-corrected chi connectivity index (χ0v) is 12.9. The Kier molecular flexibility index (Phi) is 4.87. The minimum atomic E-state index is 0.123. The fourth-order valence-electron chi connectivity index (χ4n) is 2.41. The summed E-state index contributed by atoms with van der Waals surface area (Å²) < 4.78 is 11.3. The number of benzene rings is 1. The highest BCUT2D eigenvalue weighted by atomic mass is 16.6. The van der Waals surface area contributed by atoms with E-state index in [1.165, 1.54) is 6.42 Å². The maximum Gasteiger partial charge on any atom is 0.119 e. The van der Waals surface area contributed by atoms with Crippen LogP contribution in [0.1, 0.15) is 45.6 Å². The van der Waals surface area contributed by atoms with Crippen LogP contribution in [0.2, 0.25) is 0 Å². The lowest BCUT2D eigenvalue weighted by Gasteiger charge is -2.13. The molecule has 0 aliphatic carbocycles. The van der Waals surface area contributed by atoms with Gasteiger partial charge >= 0.3 is 0 Å². The molecule has 1 aliphatic heterocycles. The Labute approximate surface area is 122 Å². The maximum absolute atomic E-state index is 5.74. The van der Waals surface area contributed by atoms with E-state index in [9.17, 15) is 0 Å². The topological polar surface area (TPSA) is 21.8 Å². The average Bonchev–Trinajstić information content (AvgIpc) is 3.05. The third kappa shape index (κ3) is 4.38. The van der Waals surface area contributed by atoms with Gasteiger partial charge in [-0.05, 0) is 39.0 Å². The smallest absolute Gasteiger partial charge is 0.119 e. The van der Waals surface area contributed by atoms with Crippen molar-refractivity contribution in [2.24, 2.45) is 5.92 Å². The van der Waals surface area contributed by atoms with Crippen molar-refractivity contribution < 1.29 is 9.47 Å². The van der Waals surface area contributed by atoms with E-state index in [1.807, 2.05) is 30.3 Å². The van der Waals surface area contributed by atoms with Crippen molar-refractivity contribution in [1.82, 2.24) is 0 Å². The molecule has 20 heavy (non-hydrogen) atoms. The Morgan fingerprint density at radius 1 is 1.30 bits per heavy atom. The fraction of sp³-hybridized carbons (Fsp3) is 0.556. The summed E-state index contributed by atoms with van der Waals surface area (Å²) in [5.41, 5.74) is 1.19. The first-order valence-electron chi connectivity index (χ1n) is 7.54. The van der Waals surface area contributed by atoms with Gasteiger partial charge in [0.1, 0.15) is 5.76 Å². The molecule has 2 nitrogen and oxygen atoms in total. The van der Waals surface area contributed by atoms with Gasteiger partial charge in [-0.25, -0.2) is 0 Å². The molecule has 0 radical (unpaired) electrons. The third-order valence-corrected chi connectivity index (χ3v) is 4.07. The Bertz CT molecular complexity index is 436. The van der Waals surface area contributed by atoms with Crippen LogP contribution >= 0.6 is 0 Å². The zero-order chi connectivity index (χ0) is 14.6. The van der Waals surface area contributed by atoms with E-state index in [2.05, 4.69) is 27.4 Å². The molecule has 1 saturated heterocycles. The second kappa shape index (κ2) is 6.45. The molecule has 1 aromatic rings. The van der Waals surface area contributed by atoms with Crippen LogP contribution in [0.15, 0.2) is 36.9 Å². The average molecular weight is 274 g/mol. The summed E-state index contributed by atoms with van der Waals surface area (Å²) in [7, 11) is 0. The molecule has 1 aliphatic rings. The van der Waals surface area contributed by atoms with Gasteiger partial charge in [0, 0.05) is 5.56 Å². The van der Waals surface area contributed by atoms with Crippen LogP contribution in [0, 0.1) is 5.92 Å². The van der Waals surface area contributed by atoms with Gasteiger partial charge in [-0.3, -0.25) is 0 Å². The van der Waals surface area contributed by atoms with Gasteiger partial charge in [-0.2, -0.15) is 0 Å². The van der Waals surface area contributed by atoms with E-state index in [0.29, 0.717) is 12.0 Å². The third-order valence-electron chi connectivity index (χ3n) is 4.07. The van der Waals surface area contributed by atoms with Crippen LogP contribution in [-0.4, -0.2) is 18.3 Å². The largest absolute Gasteiger partial charge is 0.494 e. The normalized spacial score (nSPS) is 21.2. The van der Waals surface area contributed by atoms with Gasteiger partial charge in [0.05, 0.1) is 18.3 Å². The molecular formula is C18H26O2. The van der Waals surface area contributed by atoms with Crippen LogP contribution in [-0.2, 0) is 9.47 Å². The Hall–Kier alpha value is -1.28. The molecule has 2 atom stereocenters. The monoisotopic (exact) mass is 274 g/mol. The summed E-state index contributed by atoms with van der Waals surface area (Å²) >= 11 is 0. The van der Waals surface area contributed by atoms with Gasteiger partial charge in [0.15, 0.2) is 0 Å². The predicted molar refractivity (Wildman–Crippen MR) is 83.4 cm³/mol. The first kappa shape index (κ1) is 15.1. The van der Waals surface area contributed by atoms with Gasteiger partial charge in [0.2, 0.25) is 0 Å². The molecule has 2 rings (SSSR count). The Morgan fingerprint density at radius 3 is 2.55 bits per heavy atom. The molecule has 0 bridgehead atoms. The van der Waals surface area contributed by atoms with Crippen molar-refractivity contribution in [3.63, 3.8) is 0 Å². The molecule has 0 saturated carbocycles. The van der Waals surface area contributed by atoms with Crippen LogP contribution in [0.5, 0.6) is 0 Å². The van der Waals surface area contributed by atoms with E-state index < -0.39 is 0 Å². The van der Waals surface area contributed by atoms with Crippen molar-refractivity contribution >= 4 is 5.76 Å². The van der Waals surface area contributed by atoms with Crippen LogP contribution in [0.4, 0.5) is 0 Å². The molecule has 0 spiro atoms. The van der Waals surface area contributed by atoms with Crippen molar-refractivity contribution in [2.45, 2.75) is 51.7 Å². The summed E-state index contributed by atoms with van der Waals surface area (Å²) in [5, 5.41) is 0. The van der Waals surface area contributed by atoms with Gasteiger partial charge < -0.3 is 9.47 Å². The predicted octanol–water partition coefficient (Wildman–Crippen LogP) is 4.66. The molecule has 1 heterocycles. The minimum Gasteiger partial charge on any atom is -0.494 e. The van der Waals surface area contributed by atoms with E-state index >= 15 is 0 Å². The van der Waals surface area contributed by atoms with Crippen molar-refractivity contribution in [3.05, 3.63) is 42.5 Å². The lowest BCUT2D eigenvalue weighted by Crippen LogP contribution is -2.06. The summed E-state index contributed by atoms with van der Waals surface area (Å²) in [5.74, 6) is 1.43. The maximum atomic E-state index is 5.74. The standard InChI is InChI=1S/C18H26O2/c1-14(10-11-17-18(3,4)20-17)12-13-19-15(2)16-8-6-5-7-9-16/h5-9,14,17H,2,10-13H2,1,3-4H3. The first-order valence-corrected chi connectivity index (χ1v) is 7.54. The molecule has 2 unspecified atom stereocenters. The SMILES string of the molecule is C=C(OCCC(C)CCC1OC1(C)C)c1ccccc1. The number of hydrogen-bond acceptors (Lipinski definition) is 2. The fourth-order valence-corrected chi connectivity index (χ4v) is 2.41. The van der Waals surface area contributed by atoms with Gasteiger partial charge in [0.25, 0.3) is 0 Å². The number of hydrogen-bond donors (Lipinski definition) is 0. The van der Waals surface area contributed by atoms with Crippen molar-refractivity contribution in [1.29, 1.82) is 0 Å². The van der Waals surface area contributed by atoms with Crippen molar-refractivity contribution in [3.8, 4) is 0 Å².